The largest absolute Gasteiger partial charge is 0.370 e. The molecule has 4 heteroatoms. The van der Waals surface area contributed by atoms with E-state index in [1.165, 1.54) is 31.7 Å². The molecule has 1 aromatic rings. The summed E-state index contributed by atoms with van der Waals surface area (Å²) >= 11 is 0. The molecule has 0 aliphatic heterocycles. The molecule has 3 rings (SSSR count). The maximum atomic E-state index is 13.2. The Morgan fingerprint density at radius 2 is 2.00 bits per heavy atom. The SMILES string of the molecule is NC(=NC1CCCC1)NC1CC(c2cccc(F)c2)C1. The predicted molar refractivity (Wildman–Crippen MR) is 79.2 cm³/mol. The molecule has 2 aliphatic carbocycles. The third-order valence-corrected chi connectivity index (χ3v) is 4.46. The molecule has 3 N–H and O–H groups in total. The molecule has 108 valence electrons. The molecule has 2 aliphatic rings. The van der Waals surface area contributed by atoms with Gasteiger partial charge in [0.25, 0.3) is 0 Å². The van der Waals surface area contributed by atoms with Crippen LogP contribution in [-0.4, -0.2) is 18.0 Å². The molecule has 0 atom stereocenters. The van der Waals surface area contributed by atoms with Crippen LogP contribution < -0.4 is 11.1 Å². The Morgan fingerprint density at radius 3 is 2.70 bits per heavy atom. The van der Waals surface area contributed by atoms with Crippen LogP contribution in [0.25, 0.3) is 0 Å². The van der Waals surface area contributed by atoms with Crippen molar-refractivity contribution in [1.29, 1.82) is 0 Å². The number of rotatable bonds is 3. The van der Waals surface area contributed by atoms with Crippen molar-refractivity contribution in [2.75, 3.05) is 0 Å². The van der Waals surface area contributed by atoms with Crippen molar-refractivity contribution in [2.45, 2.75) is 56.5 Å². The second-order valence-electron chi connectivity index (χ2n) is 6.02. The van der Waals surface area contributed by atoms with Gasteiger partial charge >= 0.3 is 0 Å². The van der Waals surface area contributed by atoms with Crippen LogP contribution in [0.2, 0.25) is 0 Å². The number of halogens is 1. The lowest BCUT2D eigenvalue weighted by molar-refractivity contribution is 0.322. The molecule has 0 amide bonds. The van der Waals surface area contributed by atoms with Gasteiger partial charge in [-0.3, -0.25) is 4.99 Å². The zero-order valence-corrected chi connectivity index (χ0v) is 11.7. The summed E-state index contributed by atoms with van der Waals surface area (Å²) in [5, 5.41) is 3.29. The standard InChI is InChI=1S/C16H22FN3/c17-13-5-3-4-11(8-13)12-9-15(10-12)20-16(18)19-14-6-1-2-7-14/h3-5,8,12,14-15H,1-2,6-7,9-10H2,(H3,18,19,20). The molecule has 1 aromatic carbocycles. The Bertz CT molecular complexity index is 488. The third kappa shape index (κ3) is 3.11. The molecule has 0 heterocycles. The Hall–Kier alpha value is -1.58. The summed E-state index contributed by atoms with van der Waals surface area (Å²) in [6.45, 7) is 0. The van der Waals surface area contributed by atoms with Crippen molar-refractivity contribution >= 4 is 5.96 Å². The van der Waals surface area contributed by atoms with E-state index in [-0.39, 0.29) is 5.82 Å². The summed E-state index contributed by atoms with van der Waals surface area (Å²) in [7, 11) is 0. The van der Waals surface area contributed by atoms with Gasteiger partial charge in [-0.15, -0.1) is 0 Å². The van der Waals surface area contributed by atoms with Gasteiger partial charge in [0.1, 0.15) is 5.82 Å². The molecular formula is C16H22FN3. The minimum absolute atomic E-state index is 0.152. The molecule has 0 bridgehead atoms. The summed E-state index contributed by atoms with van der Waals surface area (Å²) in [6.07, 6.45) is 6.88. The van der Waals surface area contributed by atoms with E-state index in [0.717, 1.165) is 18.4 Å². The monoisotopic (exact) mass is 275 g/mol. The van der Waals surface area contributed by atoms with Crippen molar-refractivity contribution in [3.8, 4) is 0 Å². The fourth-order valence-corrected chi connectivity index (χ4v) is 3.24. The van der Waals surface area contributed by atoms with E-state index >= 15 is 0 Å². The second-order valence-corrected chi connectivity index (χ2v) is 6.02. The van der Waals surface area contributed by atoms with Gasteiger partial charge in [-0.1, -0.05) is 25.0 Å². The molecule has 0 aromatic heterocycles. The van der Waals surface area contributed by atoms with Gasteiger partial charge in [0.15, 0.2) is 5.96 Å². The van der Waals surface area contributed by atoms with Crippen LogP contribution in [0.3, 0.4) is 0 Å². The van der Waals surface area contributed by atoms with Gasteiger partial charge in [-0.2, -0.15) is 0 Å². The molecule has 0 spiro atoms. The average molecular weight is 275 g/mol. The van der Waals surface area contributed by atoms with Crippen LogP contribution in [0.5, 0.6) is 0 Å². The molecule has 3 nitrogen and oxygen atoms in total. The van der Waals surface area contributed by atoms with Crippen LogP contribution in [0.1, 0.15) is 50.0 Å². The van der Waals surface area contributed by atoms with E-state index in [1.807, 2.05) is 6.07 Å². The summed E-state index contributed by atoms with van der Waals surface area (Å²) in [4.78, 5) is 4.53. The van der Waals surface area contributed by atoms with E-state index in [1.54, 1.807) is 12.1 Å². The highest BCUT2D eigenvalue weighted by Crippen LogP contribution is 2.36. The van der Waals surface area contributed by atoms with Crippen molar-refractivity contribution in [3.05, 3.63) is 35.6 Å². The van der Waals surface area contributed by atoms with Crippen LogP contribution in [0.15, 0.2) is 29.3 Å². The quantitative estimate of drug-likeness (QED) is 0.658. The van der Waals surface area contributed by atoms with Gasteiger partial charge in [0, 0.05) is 6.04 Å². The number of nitrogens with one attached hydrogen (secondary N) is 1. The Morgan fingerprint density at radius 1 is 1.25 bits per heavy atom. The predicted octanol–water partition coefficient (Wildman–Crippen LogP) is 2.92. The number of nitrogens with zero attached hydrogens (tertiary/aromatic N) is 1. The number of aliphatic imine (C=N–C) groups is 1. The number of hydrogen-bond donors (Lipinski definition) is 2. The van der Waals surface area contributed by atoms with Crippen LogP contribution in [-0.2, 0) is 0 Å². The van der Waals surface area contributed by atoms with Gasteiger partial charge < -0.3 is 11.1 Å². The smallest absolute Gasteiger partial charge is 0.189 e. The van der Waals surface area contributed by atoms with Gasteiger partial charge in [0.2, 0.25) is 0 Å². The number of nitrogens with two attached hydrogens (primary N) is 1. The lowest BCUT2D eigenvalue weighted by Gasteiger charge is -2.36. The van der Waals surface area contributed by atoms with Crippen molar-refractivity contribution in [2.24, 2.45) is 10.7 Å². The van der Waals surface area contributed by atoms with E-state index in [0.29, 0.717) is 24.0 Å². The highest BCUT2D eigenvalue weighted by atomic mass is 19.1. The zero-order valence-electron chi connectivity index (χ0n) is 11.7. The van der Waals surface area contributed by atoms with E-state index < -0.39 is 0 Å². The first kappa shape index (κ1) is 13.4. The van der Waals surface area contributed by atoms with Crippen molar-refractivity contribution < 1.29 is 4.39 Å². The van der Waals surface area contributed by atoms with E-state index in [9.17, 15) is 4.39 Å². The van der Waals surface area contributed by atoms with Crippen molar-refractivity contribution in [3.63, 3.8) is 0 Å². The molecule has 2 fully saturated rings. The van der Waals surface area contributed by atoms with Gasteiger partial charge in [-0.25, -0.2) is 4.39 Å². The first-order chi connectivity index (χ1) is 9.70. The first-order valence-corrected chi connectivity index (χ1v) is 7.56. The highest BCUT2D eigenvalue weighted by Gasteiger charge is 2.30. The van der Waals surface area contributed by atoms with Gasteiger partial charge in [-0.05, 0) is 49.3 Å². The minimum Gasteiger partial charge on any atom is -0.370 e. The van der Waals surface area contributed by atoms with Gasteiger partial charge in [0.05, 0.1) is 6.04 Å². The molecule has 20 heavy (non-hydrogen) atoms. The topological polar surface area (TPSA) is 50.4 Å². The van der Waals surface area contributed by atoms with Crippen LogP contribution in [0.4, 0.5) is 4.39 Å². The number of guanidine groups is 1. The lowest BCUT2D eigenvalue weighted by atomic mass is 9.76. The van der Waals surface area contributed by atoms with E-state index in [2.05, 4.69) is 10.3 Å². The summed E-state index contributed by atoms with van der Waals surface area (Å²) in [5.41, 5.74) is 7.04. The fraction of sp³-hybridized carbons (Fsp3) is 0.562. The van der Waals surface area contributed by atoms with Crippen molar-refractivity contribution in [1.82, 2.24) is 5.32 Å². The van der Waals surface area contributed by atoms with Crippen LogP contribution >= 0.6 is 0 Å². The molecular weight excluding hydrogens is 253 g/mol. The zero-order chi connectivity index (χ0) is 13.9. The summed E-state index contributed by atoms with van der Waals surface area (Å²) in [5.74, 6) is 0.878. The second kappa shape index (κ2) is 5.81. The summed E-state index contributed by atoms with van der Waals surface area (Å²) < 4.78 is 13.2. The van der Waals surface area contributed by atoms with E-state index in [4.69, 9.17) is 5.73 Å². The number of benzene rings is 1. The molecule has 0 saturated heterocycles. The summed E-state index contributed by atoms with van der Waals surface area (Å²) in [6, 6.07) is 7.71. The first-order valence-electron chi connectivity index (χ1n) is 7.56. The molecule has 2 saturated carbocycles. The highest BCUT2D eigenvalue weighted by molar-refractivity contribution is 5.78. The molecule has 0 unspecified atom stereocenters. The fourth-order valence-electron chi connectivity index (χ4n) is 3.24. The normalized spacial score (nSPS) is 27.4. The number of hydrogen-bond acceptors (Lipinski definition) is 1. The Labute approximate surface area is 119 Å². The molecule has 0 radical (unpaired) electrons. The Balaban J connectivity index is 1.48. The third-order valence-electron chi connectivity index (χ3n) is 4.46. The lowest BCUT2D eigenvalue weighted by Crippen LogP contribution is -2.47. The Kier molecular flexibility index (Phi) is 3.90. The minimum atomic E-state index is -0.152. The maximum Gasteiger partial charge on any atom is 0.189 e. The van der Waals surface area contributed by atoms with Crippen LogP contribution in [0, 0.1) is 5.82 Å². The maximum absolute atomic E-state index is 13.2. The average Bonchev–Trinajstić information content (AvgIpc) is 2.86.